The van der Waals surface area contributed by atoms with Gasteiger partial charge in [-0.1, -0.05) is 6.92 Å². The van der Waals surface area contributed by atoms with Gasteiger partial charge in [0.1, 0.15) is 18.2 Å². The van der Waals surface area contributed by atoms with Gasteiger partial charge in [-0.15, -0.1) is 0 Å². The quantitative estimate of drug-likeness (QED) is 0.434. The number of halogens is 6. The van der Waals surface area contributed by atoms with Crippen molar-refractivity contribution in [3.05, 3.63) is 33.8 Å². The lowest BCUT2D eigenvalue weighted by atomic mass is 10.0. The molecule has 1 rings (SSSR count). The van der Waals surface area contributed by atoms with Crippen molar-refractivity contribution in [3.8, 4) is 0 Å². The molecule has 0 bridgehead atoms. The van der Waals surface area contributed by atoms with Gasteiger partial charge in [0.05, 0.1) is 4.47 Å². The smallest absolute Gasteiger partial charge is 0.372 e. The highest BCUT2D eigenvalue weighted by atomic mass is 79.9. The predicted octanol–water partition coefficient (Wildman–Crippen LogP) is 4.35. The molecule has 0 spiro atoms. The van der Waals surface area contributed by atoms with Gasteiger partial charge in [0, 0.05) is 18.2 Å². The first kappa shape index (κ1) is 18.3. The zero-order valence-corrected chi connectivity index (χ0v) is 12.8. The molecule has 0 heterocycles. The molecule has 21 heavy (non-hydrogen) atoms. The van der Waals surface area contributed by atoms with Crippen LogP contribution in [0.2, 0.25) is 0 Å². The summed E-state index contributed by atoms with van der Waals surface area (Å²) in [5.41, 5.74) is -0.207. The summed E-state index contributed by atoms with van der Waals surface area (Å²) in [5.74, 6) is -1.52. The average molecular weight is 376 g/mol. The summed E-state index contributed by atoms with van der Waals surface area (Å²) in [6.07, 6.45) is -4.39. The molecule has 1 atom stereocenters. The normalized spacial score (nSPS) is 13.5. The van der Waals surface area contributed by atoms with Crippen LogP contribution >= 0.6 is 15.9 Å². The Hall–Kier alpha value is -0.730. The fourth-order valence-electron chi connectivity index (χ4n) is 1.85. The monoisotopic (exact) mass is 375 g/mol. The van der Waals surface area contributed by atoms with E-state index in [4.69, 9.17) is 0 Å². The Morgan fingerprint density at radius 3 is 2.52 bits per heavy atom. The van der Waals surface area contributed by atoms with Gasteiger partial charge in [-0.2, -0.15) is 13.2 Å². The Bertz CT molecular complexity index is 467. The van der Waals surface area contributed by atoms with Crippen molar-refractivity contribution in [2.75, 3.05) is 19.8 Å². The molecule has 0 aliphatic carbocycles. The second-order valence-electron chi connectivity index (χ2n) is 4.32. The van der Waals surface area contributed by atoms with Crippen molar-refractivity contribution < 1.29 is 26.7 Å². The van der Waals surface area contributed by atoms with E-state index in [1.165, 1.54) is 6.07 Å². The zero-order chi connectivity index (χ0) is 16.0. The lowest BCUT2D eigenvalue weighted by Gasteiger charge is -2.20. The highest BCUT2D eigenvalue weighted by Gasteiger charge is 2.28. The lowest BCUT2D eigenvalue weighted by Crippen LogP contribution is -2.26. The summed E-state index contributed by atoms with van der Waals surface area (Å²) in [4.78, 5) is 0. The Balaban J connectivity index is 2.76. The number of nitrogens with one attached hydrogen (secondary N) is 1. The first-order valence-electron chi connectivity index (χ1n) is 6.27. The van der Waals surface area contributed by atoms with Gasteiger partial charge in [0.25, 0.3) is 0 Å². The first-order chi connectivity index (χ1) is 9.76. The minimum atomic E-state index is -4.42. The number of ether oxygens (including phenoxy) is 1. The molecule has 0 aliphatic rings. The summed E-state index contributed by atoms with van der Waals surface area (Å²) >= 11 is 2.96. The Morgan fingerprint density at radius 1 is 1.29 bits per heavy atom. The summed E-state index contributed by atoms with van der Waals surface area (Å²) < 4.78 is 68.2. The highest BCUT2D eigenvalue weighted by Crippen LogP contribution is 2.28. The fourth-order valence-corrected chi connectivity index (χ4v) is 2.19. The van der Waals surface area contributed by atoms with E-state index >= 15 is 0 Å². The molecule has 0 amide bonds. The van der Waals surface area contributed by atoms with Crippen LogP contribution in [0.15, 0.2) is 16.6 Å². The van der Waals surface area contributed by atoms with Crippen molar-refractivity contribution in [3.63, 3.8) is 0 Å². The lowest BCUT2D eigenvalue weighted by molar-refractivity contribution is -0.174. The molecule has 0 saturated heterocycles. The number of hydrogen-bond donors (Lipinski definition) is 1. The minimum Gasteiger partial charge on any atom is -0.372 e. The highest BCUT2D eigenvalue weighted by molar-refractivity contribution is 9.10. The van der Waals surface area contributed by atoms with Crippen LogP contribution in [0.25, 0.3) is 0 Å². The Morgan fingerprint density at radius 2 is 1.95 bits per heavy atom. The molecule has 1 unspecified atom stereocenters. The van der Waals surface area contributed by atoms with Crippen LogP contribution in [-0.4, -0.2) is 25.9 Å². The maximum absolute atomic E-state index is 14.0. The van der Waals surface area contributed by atoms with Crippen molar-refractivity contribution in [1.29, 1.82) is 0 Å². The fraction of sp³-hybridized carbons (Fsp3) is 0.538. The maximum atomic E-state index is 14.0. The van der Waals surface area contributed by atoms with Crippen LogP contribution < -0.4 is 5.32 Å². The molecular formula is C13H15BrF5NO. The van der Waals surface area contributed by atoms with E-state index in [0.29, 0.717) is 6.54 Å². The van der Waals surface area contributed by atoms with E-state index in [9.17, 15) is 22.0 Å². The van der Waals surface area contributed by atoms with E-state index < -0.39 is 30.5 Å². The minimum absolute atomic E-state index is 0.0220. The second kappa shape index (κ2) is 8.05. The van der Waals surface area contributed by atoms with Gasteiger partial charge in [-0.3, -0.25) is 0 Å². The van der Waals surface area contributed by atoms with E-state index in [2.05, 4.69) is 26.0 Å². The third-order valence-electron chi connectivity index (χ3n) is 2.70. The van der Waals surface area contributed by atoms with E-state index in [0.717, 1.165) is 6.07 Å². The van der Waals surface area contributed by atoms with Crippen LogP contribution in [0.1, 0.15) is 24.9 Å². The van der Waals surface area contributed by atoms with Crippen molar-refractivity contribution in [2.24, 2.45) is 0 Å². The molecule has 8 heteroatoms. The molecule has 1 aromatic rings. The second-order valence-corrected chi connectivity index (χ2v) is 5.18. The predicted molar refractivity (Wildman–Crippen MR) is 72.0 cm³/mol. The molecule has 120 valence electrons. The van der Waals surface area contributed by atoms with Crippen LogP contribution in [0.5, 0.6) is 0 Å². The Kier molecular flexibility index (Phi) is 7.02. The van der Waals surface area contributed by atoms with E-state index in [-0.39, 0.29) is 23.1 Å². The van der Waals surface area contributed by atoms with Crippen molar-refractivity contribution >= 4 is 15.9 Å². The van der Waals surface area contributed by atoms with Crippen LogP contribution in [-0.2, 0) is 4.74 Å². The topological polar surface area (TPSA) is 21.3 Å². The zero-order valence-electron chi connectivity index (χ0n) is 11.2. The SMILES string of the molecule is CCNC(CCOCC(F)(F)F)c1c(F)ccc(Br)c1F. The molecule has 1 aromatic carbocycles. The van der Waals surface area contributed by atoms with Crippen LogP contribution in [0.4, 0.5) is 22.0 Å². The molecule has 0 fully saturated rings. The summed E-state index contributed by atoms with van der Waals surface area (Å²) in [7, 11) is 0. The molecule has 1 N–H and O–H groups in total. The maximum Gasteiger partial charge on any atom is 0.411 e. The summed E-state index contributed by atoms with van der Waals surface area (Å²) in [6, 6.07) is 1.57. The van der Waals surface area contributed by atoms with Crippen LogP contribution in [0.3, 0.4) is 0 Å². The van der Waals surface area contributed by atoms with Crippen molar-refractivity contribution in [2.45, 2.75) is 25.6 Å². The van der Waals surface area contributed by atoms with Crippen LogP contribution in [0, 0.1) is 11.6 Å². The molecule has 0 radical (unpaired) electrons. The largest absolute Gasteiger partial charge is 0.411 e. The van der Waals surface area contributed by atoms with Crippen molar-refractivity contribution in [1.82, 2.24) is 5.32 Å². The third-order valence-corrected chi connectivity index (χ3v) is 3.31. The van der Waals surface area contributed by atoms with E-state index in [1.807, 2.05) is 0 Å². The standard InChI is InChI=1S/C13H15BrF5NO/c1-2-20-10(5-6-21-7-13(17,18)19)11-9(15)4-3-8(14)12(11)16/h3-4,10,20H,2,5-7H2,1H3. The summed E-state index contributed by atoms with van der Waals surface area (Å²) in [5, 5.41) is 2.84. The average Bonchev–Trinajstić information content (AvgIpc) is 2.38. The molecule has 2 nitrogen and oxygen atoms in total. The first-order valence-corrected chi connectivity index (χ1v) is 7.06. The Labute approximate surface area is 127 Å². The van der Waals surface area contributed by atoms with Gasteiger partial charge in [-0.05, 0) is 41.0 Å². The summed E-state index contributed by atoms with van der Waals surface area (Å²) in [6.45, 7) is 0.505. The third kappa shape index (κ3) is 5.88. The molecule has 0 aromatic heterocycles. The van der Waals surface area contributed by atoms with Gasteiger partial charge < -0.3 is 10.1 Å². The number of benzene rings is 1. The number of rotatable bonds is 7. The molecule has 0 saturated carbocycles. The van der Waals surface area contributed by atoms with Gasteiger partial charge in [0.2, 0.25) is 0 Å². The molecular weight excluding hydrogens is 361 g/mol. The van der Waals surface area contributed by atoms with Gasteiger partial charge in [-0.25, -0.2) is 8.78 Å². The van der Waals surface area contributed by atoms with Gasteiger partial charge in [0.15, 0.2) is 0 Å². The van der Waals surface area contributed by atoms with E-state index in [1.54, 1.807) is 6.92 Å². The van der Waals surface area contributed by atoms with Gasteiger partial charge >= 0.3 is 6.18 Å². The number of hydrogen-bond acceptors (Lipinski definition) is 2. The number of alkyl halides is 3. The molecule has 0 aliphatic heterocycles.